The molecule has 0 saturated carbocycles. The summed E-state index contributed by atoms with van der Waals surface area (Å²) in [4.78, 5) is 29.4. The van der Waals surface area contributed by atoms with Gasteiger partial charge in [0.25, 0.3) is 5.91 Å². The fraction of sp³-hybridized carbons (Fsp3) is 0.286. The number of carbonyl (C=O) groups excluding carboxylic acids is 2. The number of Topliss-reactive ketones (excluding diaryl/α,β-unsaturated/α-hetero) is 1. The first-order valence-electron chi connectivity index (χ1n) is 9.35. The second-order valence-electron chi connectivity index (χ2n) is 7.04. The lowest BCUT2D eigenvalue weighted by Crippen LogP contribution is -2.29. The first kappa shape index (κ1) is 19.6. The van der Waals surface area contributed by atoms with E-state index in [1.54, 1.807) is 40.6 Å². The molecule has 2 aromatic heterocycles. The number of hydrogen-bond acceptors (Lipinski definition) is 5. The van der Waals surface area contributed by atoms with E-state index < -0.39 is 17.8 Å². The molecular formula is C21H20FN3O3S. The number of anilines is 1. The molecule has 1 amide bonds. The van der Waals surface area contributed by atoms with Crippen LogP contribution in [0.2, 0.25) is 0 Å². The third-order valence-corrected chi connectivity index (χ3v) is 6.20. The third-order valence-electron chi connectivity index (χ3n) is 5.10. The van der Waals surface area contributed by atoms with Crippen molar-refractivity contribution in [2.24, 2.45) is 5.92 Å². The number of aromatic nitrogens is 2. The van der Waals surface area contributed by atoms with Crippen molar-refractivity contribution in [1.29, 1.82) is 0 Å². The summed E-state index contributed by atoms with van der Waals surface area (Å²) in [5.41, 5.74) is 1.11. The van der Waals surface area contributed by atoms with Crippen molar-refractivity contribution in [2.75, 3.05) is 16.8 Å². The van der Waals surface area contributed by atoms with Gasteiger partial charge in [-0.2, -0.15) is 11.8 Å². The van der Waals surface area contributed by atoms with E-state index in [-0.39, 0.29) is 29.5 Å². The minimum absolute atomic E-state index is 0.0634. The fourth-order valence-electron chi connectivity index (χ4n) is 3.44. The number of hydrogen-bond donors (Lipinski definition) is 2. The van der Waals surface area contributed by atoms with Gasteiger partial charge in [-0.25, -0.2) is 9.37 Å². The Morgan fingerprint density at radius 2 is 2.17 bits per heavy atom. The van der Waals surface area contributed by atoms with Crippen LogP contribution in [0.1, 0.15) is 33.7 Å². The van der Waals surface area contributed by atoms with Gasteiger partial charge in [0.15, 0.2) is 5.78 Å². The van der Waals surface area contributed by atoms with Gasteiger partial charge < -0.3 is 10.4 Å². The summed E-state index contributed by atoms with van der Waals surface area (Å²) in [7, 11) is 0. The lowest BCUT2D eigenvalue weighted by Gasteiger charge is -2.26. The standard InChI is InChI=1S/C21H20FN3O3S/c22-15-5-4-13(18(26)10-14-6-8-29-12-19(14)27)9-16(15)24-21(28)17-11-23-20-3-1-2-7-25(17)20/h1-5,7,9,11,14,19,27H,6,8,10,12H2,(H,24,28)/t14-,19-/m1/s1. The first-order chi connectivity index (χ1) is 14.0. The Bertz CT molecular complexity index is 1070. The van der Waals surface area contributed by atoms with Crippen LogP contribution >= 0.6 is 11.8 Å². The largest absolute Gasteiger partial charge is 0.392 e. The van der Waals surface area contributed by atoms with Crippen LogP contribution in [0.25, 0.3) is 5.65 Å². The van der Waals surface area contributed by atoms with E-state index in [4.69, 9.17) is 0 Å². The molecular weight excluding hydrogens is 393 g/mol. The van der Waals surface area contributed by atoms with E-state index in [0.717, 1.165) is 12.2 Å². The molecule has 0 aliphatic carbocycles. The predicted molar refractivity (Wildman–Crippen MR) is 110 cm³/mol. The Morgan fingerprint density at radius 1 is 1.31 bits per heavy atom. The van der Waals surface area contributed by atoms with Crippen molar-refractivity contribution in [1.82, 2.24) is 9.38 Å². The van der Waals surface area contributed by atoms with Crippen LogP contribution < -0.4 is 5.32 Å². The van der Waals surface area contributed by atoms with Gasteiger partial charge in [0.1, 0.15) is 17.2 Å². The van der Waals surface area contributed by atoms with Crippen LogP contribution in [0.5, 0.6) is 0 Å². The van der Waals surface area contributed by atoms with Crippen molar-refractivity contribution in [3.63, 3.8) is 0 Å². The number of aliphatic hydroxyl groups excluding tert-OH is 1. The smallest absolute Gasteiger partial charge is 0.274 e. The van der Waals surface area contributed by atoms with Crippen LogP contribution in [0, 0.1) is 11.7 Å². The average Bonchev–Trinajstić information content (AvgIpc) is 3.15. The summed E-state index contributed by atoms with van der Waals surface area (Å²) in [5, 5.41) is 12.6. The Morgan fingerprint density at radius 3 is 3.00 bits per heavy atom. The molecule has 1 saturated heterocycles. The molecule has 8 heteroatoms. The molecule has 150 valence electrons. The van der Waals surface area contributed by atoms with Gasteiger partial charge in [-0.1, -0.05) is 6.07 Å². The lowest BCUT2D eigenvalue weighted by atomic mass is 9.91. The minimum Gasteiger partial charge on any atom is -0.392 e. The van der Waals surface area contributed by atoms with E-state index in [0.29, 0.717) is 17.0 Å². The second kappa shape index (κ2) is 8.34. The molecule has 1 fully saturated rings. The van der Waals surface area contributed by atoms with E-state index >= 15 is 0 Å². The number of rotatable bonds is 5. The molecule has 2 atom stereocenters. The molecule has 4 rings (SSSR count). The van der Waals surface area contributed by atoms with Gasteiger partial charge in [0.05, 0.1) is 18.0 Å². The molecule has 6 nitrogen and oxygen atoms in total. The zero-order chi connectivity index (χ0) is 20.4. The van der Waals surface area contributed by atoms with Gasteiger partial charge in [0.2, 0.25) is 0 Å². The van der Waals surface area contributed by atoms with Crippen molar-refractivity contribution in [2.45, 2.75) is 18.9 Å². The number of carbonyl (C=O) groups is 2. The van der Waals surface area contributed by atoms with E-state index in [1.165, 1.54) is 24.4 Å². The van der Waals surface area contributed by atoms with Crippen molar-refractivity contribution >= 4 is 34.8 Å². The third kappa shape index (κ3) is 4.18. The number of ketones is 1. The van der Waals surface area contributed by atoms with Crippen LogP contribution in [-0.2, 0) is 0 Å². The molecule has 0 bridgehead atoms. The summed E-state index contributed by atoms with van der Waals surface area (Å²) in [6.45, 7) is 0. The zero-order valence-corrected chi connectivity index (χ0v) is 16.4. The number of nitrogens with one attached hydrogen (secondary N) is 1. The Balaban J connectivity index is 1.52. The van der Waals surface area contributed by atoms with Crippen LogP contribution in [-0.4, -0.2) is 43.8 Å². The molecule has 1 aliphatic rings. The number of nitrogens with zero attached hydrogens (tertiary/aromatic N) is 2. The van der Waals surface area contributed by atoms with Crippen molar-refractivity contribution in [3.05, 3.63) is 65.9 Å². The van der Waals surface area contributed by atoms with E-state index in [2.05, 4.69) is 10.3 Å². The molecule has 2 N–H and O–H groups in total. The van der Waals surface area contributed by atoms with Gasteiger partial charge in [-0.05, 0) is 48.4 Å². The summed E-state index contributed by atoms with van der Waals surface area (Å²) in [6, 6.07) is 9.26. The summed E-state index contributed by atoms with van der Waals surface area (Å²) >= 11 is 1.67. The molecule has 0 unspecified atom stereocenters. The first-order valence-corrected chi connectivity index (χ1v) is 10.5. The van der Waals surface area contributed by atoms with Crippen LogP contribution in [0.15, 0.2) is 48.8 Å². The highest BCUT2D eigenvalue weighted by molar-refractivity contribution is 7.99. The highest BCUT2D eigenvalue weighted by atomic mass is 32.2. The lowest BCUT2D eigenvalue weighted by molar-refractivity contribution is 0.0836. The molecule has 29 heavy (non-hydrogen) atoms. The maximum absolute atomic E-state index is 14.3. The van der Waals surface area contributed by atoms with E-state index in [1.807, 2.05) is 0 Å². The maximum atomic E-state index is 14.3. The summed E-state index contributed by atoms with van der Waals surface area (Å²) in [6.07, 6.45) is 3.58. The van der Waals surface area contributed by atoms with Crippen molar-refractivity contribution < 1.29 is 19.1 Å². The molecule has 1 aromatic carbocycles. The van der Waals surface area contributed by atoms with Crippen LogP contribution in [0.3, 0.4) is 0 Å². The fourth-order valence-corrected chi connectivity index (χ4v) is 4.59. The van der Waals surface area contributed by atoms with E-state index in [9.17, 15) is 19.1 Å². The highest BCUT2D eigenvalue weighted by Crippen LogP contribution is 2.28. The normalized spacial score (nSPS) is 19.2. The zero-order valence-electron chi connectivity index (χ0n) is 15.5. The highest BCUT2D eigenvalue weighted by Gasteiger charge is 2.26. The summed E-state index contributed by atoms with van der Waals surface area (Å²) in [5.74, 6) is 0.127. The minimum atomic E-state index is -0.627. The number of halogens is 1. The number of imidazole rings is 1. The number of pyridine rings is 1. The average molecular weight is 413 g/mol. The van der Waals surface area contributed by atoms with Crippen molar-refractivity contribution in [3.8, 4) is 0 Å². The Kier molecular flexibility index (Phi) is 5.64. The SMILES string of the molecule is O=C(C[C@H]1CCSC[C@H]1O)c1ccc(F)c(NC(=O)c2cnc3ccccn23)c1. The number of thioether (sulfide) groups is 1. The Hall–Kier alpha value is -2.71. The number of aliphatic hydroxyl groups is 1. The number of fused-ring (bicyclic) bond motifs is 1. The number of benzene rings is 1. The molecule has 3 aromatic rings. The Labute approximate surface area is 171 Å². The maximum Gasteiger partial charge on any atom is 0.274 e. The van der Waals surface area contributed by atoms with Gasteiger partial charge >= 0.3 is 0 Å². The van der Waals surface area contributed by atoms with Gasteiger partial charge in [-0.3, -0.25) is 14.0 Å². The topological polar surface area (TPSA) is 83.7 Å². The van der Waals surface area contributed by atoms with Gasteiger partial charge in [0, 0.05) is 23.9 Å². The quantitative estimate of drug-likeness (QED) is 0.627. The molecule has 0 radical (unpaired) electrons. The molecule has 0 spiro atoms. The molecule has 1 aliphatic heterocycles. The monoisotopic (exact) mass is 413 g/mol. The summed E-state index contributed by atoms with van der Waals surface area (Å²) < 4.78 is 15.9. The second-order valence-corrected chi connectivity index (χ2v) is 8.19. The van der Waals surface area contributed by atoms with Crippen LogP contribution in [0.4, 0.5) is 10.1 Å². The number of amides is 1. The predicted octanol–water partition coefficient (Wildman–Crippen LogP) is 3.41. The molecule has 3 heterocycles. The van der Waals surface area contributed by atoms with Gasteiger partial charge in [-0.15, -0.1) is 0 Å².